The molecule has 2 atom stereocenters. The summed E-state index contributed by atoms with van der Waals surface area (Å²) in [5.41, 5.74) is 11.7. The van der Waals surface area contributed by atoms with Gasteiger partial charge in [-0.15, -0.1) is 0 Å². The zero-order valence-electron chi connectivity index (χ0n) is 20.6. The third kappa shape index (κ3) is 4.83. The Bertz CT molecular complexity index is 1160. The van der Waals surface area contributed by atoms with E-state index in [1.807, 2.05) is 37.5 Å². The monoisotopic (exact) mass is 479 g/mol. The van der Waals surface area contributed by atoms with E-state index in [1.165, 1.54) is 11.1 Å². The van der Waals surface area contributed by atoms with Crippen molar-refractivity contribution in [1.29, 1.82) is 0 Å². The van der Waals surface area contributed by atoms with E-state index in [4.69, 9.17) is 10.5 Å². The van der Waals surface area contributed by atoms with Gasteiger partial charge >= 0.3 is 0 Å². The molecular weight excluding hydrogens is 445 g/mol. The lowest BCUT2D eigenvalue weighted by atomic mass is 9.86. The molecule has 0 bridgehead atoms. The highest BCUT2D eigenvalue weighted by atomic mass is 19.1. The third-order valence-electron chi connectivity index (χ3n) is 7.03. The van der Waals surface area contributed by atoms with Gasteiger partial charge in [-0.3, -0.25) is 0 Å². The van der Waals surface area contributed by atoms with Crippen LogP contribution in [0.15, 0.2) is 42.4 Å². The van der Waals surface area contributed by atoms with Crippen LogP contribution >= 0.6 is 0 Å². The highest BCUT2D eigenvalue weighted by molar-refractivity contribution is 5.70. The van der Waals surface area contributed by atoms with Gasteiger partial charge in [-0.25, -0.2) is 14.4 Å². The highest BCUT2D eigenvalue weighted by Crippen LogP contribution is 2.36. The first-order chi connectivity index (χ1) is 16.8. The Balaban J connectivity index is 1.30. The molecule has 0 saturated heterocycles. The Morgan fingerprint density at radius 1 is 1.31 bits per heavy atom. The number of anilines is 3. The van der Waals surface area contributed by atoms with Crippen molar-refractivity contribution in [3.63, 3.8) is 0 Å². The molecule has 2 aliphatic heterocycles. The number of halogens is 1. The number of pyridine rings is 2. The summed E-state index contributed by atoms with van der Waals surface area (Å²) >= 11 is 0. The second kappa shape index (κ2) is 9.47. The summed E-state index contributed by atoms with van der Waals surface area (Å²) in [5, 5.41) is 6.69. The first kappa shape index (κ1) is 23.6. The molecule has 0 saturated carbocycles. The van der Waals surface area contributed by atoms with Crippen LogP contribution in [-0.4, -0.2) is 66.9 Å². The van der Waals surface area contributed by atoms with Crippen LogP contribution < -0.4 is 26.0 Å². The molecule has 0 fully saturated rings. The van der Waals surface area contributed by atoms with Crippen LogP contribution in [0, 0.1) is 6.92 Å². The fourth-order valence-corrected chi connectivity index (χ4v) is 4.82. The number of nitrogens with two attached hydrogens (primary N) is 1. The largest absolute Gasteiger partial charge is 0.474 e. The fourth-order valence-electron chi connectivity index (χ4n) is 4.82. The van der Waals surface area contributed by atoms with Gasteiger partial charge in [0.05, 0.1) is 17.4 Å². The fraction of sp³-hybridized carbons (Fsp3) is 0.462. The first-order valence-corrected chi connectivity index (χ1v) is 12.2. The molecule has 0 aromatic carbocycles. The molecule has 3 aliphatic rings. The van der Waals surface area contributed by atoms with E-state index in [-0.39, 0.29) is 0 Å². The smallest absolute Gasteiger partial charge is 0.237 e. The molecule has 0 spiro atoms. The second-order valence-electron chi connectivity index (χ2n) is 9.88. The third-order valence-corrected chi connectivity index (χ3v) is 7.03. The summed E-state index contributed by atoms with van der Waals surface area (Å²) in [4.78, 5) is 13.5. The summed E-state index contributed by atoms with van der Waals surface area (Å²) in [7, 11) is 3.92. The lowest BCUT2D eigenvalue weighted by molar-refractivity contribution is 0.240. The number of nitrogens with zero attached hydrogens (tertiary/aromatic N) is 4. The average Bonchev–Trinajstić information content (AvgIpc) is 2.85. The minimum Gasteiger partial charge on any atom is -0.474 e. The van der Waals surface area contributed by atoms with Crippen LogP contribution in [0.3, 0.4) is 0 Å². The number of rotatable bonds is 6. The van der Waals surface area contributed by atoms with Gasteiger partial charge in [-0.05, 0) is 69.8 Å². The van der Waals surface area contributed by atoms with E-state index in [0.717, 1.165) is 49.5 Å². The van der Waals surface area contributed by atoms with E-state index < -0.39 is 11.7 Å². The van der Waals surface area contributed by atoms with Crippen molar-refractivity contribution in [3.8, 4) is 5.88 Å². The van der Waals surface area contributed by atoms with Crippen molar-refractivity contribution in [1.82, 2.24) is 14.9 Å². The summed E-state index contributed by atoms with van der Waals surface area (Å²) in [6.07, 6.45) is 9.20. The predicted octanol–water partition coefficient (Wildman–Crippen LogP) is 3.00. The zero-order valence-corrected chi connectivity index (χ0v) is 20.6. The molecule has 186 valence electrons. The lowest BCUT2D eigenvalue weighted by Crippen LogP contribution is -2.49. The van der Waals surface area contributed by atoms with Crippen molar-refractivity contribution < 1.29 is 9.13 Å². The summed E-state index contributed by atoms with van der Waals surface area (Å²) in [6, 6.07) is 2.06. The van der Waals surface area contributed by atoms with Crippen LogP contribution in [0.1, 0.15) is 23.1 Å². The maximum atomic E-state index is 14.9. The Hall–Kier alpha value is -3.17. The van der Waals surface area contributed by atoms with E-state index in [0.29, 0.717) is 30.4 Å². The molecule has 9 heteroatoms. The Morgan fingerprint density at radius 2 is 2.17 bits per heavy atom. The first-order valence-electron chi connectivity index (χ1n) is 12.2. The normalized spacial score (nSPS) is 23.2. The number of hydrogen-bond donors (Lipinski definition) is 3. The van der Waals surface area contributed by atoms with Gasteiger partial charge in [0.2, 0.25) is 5.88 Å². The molecule has 0 radical (unpaired) electrons. The number of aromatic nitrogens is 2. The highest BCUT2D eigenvalue weighted by Gasteiger charge is 2.34. The number of allylic oxidation sites excluding steroid dienone is 1. The van der Waals surface area contributed by atoms with Crippen molar-refractivity contribution in [2.75, 3.05) is 55.9 Å². The summed E-state index contributed by atoms with van der Waals surface area (Å²) in [5.74, 6) is 1.37. The van der Waals surface area contributed by atoms with Gasteiger partial charge in [-0.2, -0.15) is 0 Å². The minimum absolute atomic E-state index is 0.549. The topological polar surface area (TPSA) is 91.6 Å². The van der Waals surface area contributed by atoms with E-state index in [9.17, 15) is 4.39 Å². The van der Waals surface area contributed by atoms with E-state index in [2.05, 4.69) is 38.5 Å². The van der Waals surface area contributed by atoms with Crippen molar-refractivity contribution in [2.24, 2.45) is 5.73 Å². The second-order valence-corrected chi connectivity index (χ2v) is 9.88. The molecular formula is C26H34FN7O. The lowest BCUT2D eigenvalue weighted by Gasteiger charge is -2.33. The molecule has 5 rings (SSSR count). The van der Waals surface area contributed by atoms with Crippen LogP contribution in [0.5, 0.6) is 5.88 Å². The van der Waals surface area contributed by atoms with Crippen LogP contribution in [0.4, 0.5) is 21.6 Å². The summed E-state index contributed by atoms with van der Waals surface area (Å²) < 4.78 is 20.6. The Labute approximate surface area is 206 Å². The predicted molar refractivity (Wildman–Crippen MR) is 138 cm³/mol. The molecule has 4 N–H and O–H groups in total. The van der Waals surface area contributed by atoms with Crippen molar-refractivity contribution in [2.45, 2.75) is 38.0 Å². The van der Waals surface area contributed by atoms with Crippen LogP contribution in [-0.2, 0) is 13.0 Å². The molecule has 2 unspecified atom stereocenters. The molecule has 0 amide bonds. The number of fused-ring (bicyclic) bond motifs is 2. The standard InChI is InChI=1S/C26H34FN7O/c1-17-21(15-31-25-24(17)29-8-11-35-25)34-9-5-18-14-30-23(12-19(18)16-34)32-20-4-6-26(28,22(27)13-20)7-10-33(2)3/h4,6,12-15,22,29H,5,7-11,16,28H2,1-3H3,(H,30,32). The molecule has 35 heavy (non-hydrogen) atoms. The minimum atomic E-state index is -1.26. The number of alkyl halides is 1. The quantitative estimate of drug-likeness (QED) is 0.583. The van der Waals surface area contributed by atoms with Gasteiger partial charge < -0.3 is 30.9 Å². The summed E-state index contributed by atoms with van der Waals surface area (Å²) in [6.45, 7) is 5.91. The number of ether oxygens (including phenoxy) is 1. The average molecular weight is 480 g/mol. The molecule has 4 heterocycles. The van der Waals surface area contributed by atoms with Gasteiger partial charge in [0.15, 0.2) is 0 Å². The van der Waals surface area contributed by atoms with Crippen molar-refractivity contribution >= 4 is 17.2 Å². The van der Waals surface area contributed by atoms with Gasteiger partial charge in [0, 0.05) is 37.1 Å². The molecule has 2 aromatic rings. The van der Waals surface area contributed by atoms with Crippen molar-refractivity contribution in [3.05, 3.63) is 59.1 Å². The Kier molecular flexibility index (Phi) is 6.37. The van der Waals surface area contributed by atoms with Gasteiger partial charge in [0.1, 0.15) is 24.3 Å². The zero-order chi connectivity index (χ0) is 24.6. The van der Waals surface area contributed by atoms with E-state index >= 15 is 0 Å². The number of nitrogens with one attached hydrogen (secondary N) is 2. The van der Waals surface area contributed by atoms with E-state index in [1.54, 1.807) is 12.2 Å². The van der Waals surface area contributed by atoms with Gasteiger partial charge in [-0.1, -0.05) is 6.08 Å². The molecule has 1 aliphatic carbocycles. The Morgan fingerprint density at radius 3 is 2.97 bits per heavy atom. The maximum absolute atomic E-state index is 14.9. The van der Waals surface area contributed by atoms with Crippen LogP contribution in [0.2, 0.25) is 0 Å². The molecule has 2 aromatic heterocycles. The number of hydrogen-bond acceptors (Lipinski definition) is 8. The maximum Gasteiger partial charge on any atom is 0.237 e. The van der Waals surface area contributed by atoms with Crippen LogP contribution in [0.25, 0.3) is 0 Å². The molecule has 8 nitrogen and oxygen atoms in total. The van der Waals surface area contributed by atoms with Gasteiger partial charge in [0.25, 0.3) is 0 Å². The SMILES string of the molecule is Cc1c(N2CCc3cnc(NC4=CC(F)C(N)(CCN(C)C)C=C4)cc3C2)cnc2c1NCCO2.